The molecule has 0 aliphatic rings. The molecule has 0 aliphatic carbocycles. The largest absolute Gasteiger partial charge is 0.481 e. The van der Waals surface area contributed by atoms with E-state index in [2.05, 4.69) is 31.4 Å². The molecule has 2 aromatic carbocycles. The number of carbonyl (C=O) groups is 3. The van der Waals surface area contributed by atoms with Gasteiger partial charge in [-0.05, 0) is 85.8 Å². The summed E-state index contributed by atoms with van der Waals surface area (Å²) < 4.78 is 28.1. The van der Waals surface area contributed by atoms with Crippen LogP contribution in [0.25, 0.3) is 11.1 Å². The van der Waals surface area contributed by atoms with Crippen molar-refractivity contribution in [3.8, 4) is 11.1 Å². The Labute approximate surface area is 220 Å². The third-order valence-electron chi connectivity index (χ3n) is 4.61. The van der Waals surface area contributed by atoms with E-state index in [1.807, 2.05) is 13.8 Å². The average molecular weight is 523 g/mol. The lowest BCUT2D eigenvalue weighted by molar-refractivity contribution is -0.137. The van der Waals surface area contributed by atoms with Crippen LogP contribution in [0.5, 0.6) is 0 Å². The minimum Gasteiger partial charge on any atom is -0.481 e. The van der Waals surface area contributed by atoms with Crippen LogP contribution in [0.1, 0.15) is 76.3 Å². The lowest BCUT2D eigenvalue weighted by atomic mass is 9.90. The standard InChI is InChI=1S/C19H21F2NO2.C4H7NO2.C4H10.C2H6/c1-10-6-14(20)7-11(2)18(10)13-5-12(3)19(21)15(8-13)16(22-4)9-17(23)24;1-4(7)5-2-3-6;1-4(2)3;1-2/h5-8,16,22H,9H2,1-4H3,(H,23,24);3H,2H2,1H3,(H,5,7);4H,1-3H3;1-2H3. The number of hydrogen-bond acceptors (Lipinski definition) is 4. The second-order valence-electron chi connectivity index (χ2n) is 8.89. The van der Waals surface area contributed by atoms with Crippen molar-refractivity contribution < 1.29 is 28.3 Å². The number of amides is 1. The van der Waals surface area contributed by atoms with Gasteiger partial charge in [0.1, 0.15) is 17.9 Å². The van der Waals surface area contributed by atoms with Gasteiger partial charge in [-0.25, -0.2) is 8.78 Å². The van der Waals surface area contributed by atoms with Gasteiger partial charge in [0.2, 0.25) is 5.91 Å². The van der Waals surface area contributed by atoms with Gasteiger partial charge in [0.15, 0.2) is 0 Å². The highest BCUT2D eigenvalue weighted by atomic mass is 19.1. The van der Waals surface area contributed by atoms with Crippen LogP contribution >= 0.6 is 0 Å². The first-order valence-corrected chi connectivity index (χ1v) is 12.4. The zero-order valence-electron chi connectivity index (χ0n) is 23.9. The second-order valence-corrected chi connectivity index (χ2v) is 8.89. The van der Waals surface area contributed by atoms with E-state index in [1.54, 1.807) is 40.0 Å². The smallest absolute Gasteiger partial charge is 0.305 e. The summed E-state index contributed by atoms with van der Waals surface area (Å²) in [6, 6.07) is 5.60. The number of rotatable bonds is 7. The Kier molecular flexibility index (Phi) is 18.5. The molecular formula is C29H44F2N2O4. The molecule has 3 N–H and O–H groups in total. The number of nitrogens with one attached hydrogen (secondary N) is 2. The summed E-state index contributed by atoms with van der Waals surface area (Å²) in [6.07, 6.45) is 0.416. The molecule has 0 spiro atoms. The van der Waals surface area contributed by atoms with Gasteiger partial charge in [0.25, 0.3) is 0 Å². The summed E-state index contributed by atoms with van der Waals surface area (Å²) in [5, 5.41) is 14.2. The molecule has 0 fully saturated rings. The van der Waals surface area contributed by atoms with Crippen LogP contribution in [0.3, 0.4) is 0 Å². The zero-order valence-corrected chi connectivity index (χ0v) is 23.9. The van der Waals surface area contributed by atoms with Crippen molar-refractivity contribution in [1.82, 2.24) is 10.6 Å². The van der Waals surface area contributed by atoms with Crippen LogP contribution in [0, 0.1) is 38.3 Å². The van der Waals surface area contributed by atoms with Crippen LogP contribution in [0.4, 0.5) is 8.78 Å². The summed E-state index contributed by atoms with van der Waals surface area (Å²) in [7, 11) is 1.60. The average Bonchev–Trinajstić information content (AvgIpc) is 2.79. The maximum Gasteiger partial charge on any atom is 0.305 e. The van der Waals surface area contributed by atoms with E-state index in [4.69, 9.17) is 5.11 Å². The third-order valence-corrected chi connectivity index (χ3v) is 4.61. The first kappa shape index (κ1) is 36.0. The fraction of sp³-hybridized carbons (Fsp3) is 0.483. The van der Waals surface area contributed by atoms with E-state index in [-0.39, 0.29) is 24.7 Å². The Morgan fingerprint density at radius 3 is 1.81 bits per heavy atom. The molecule has 6 nitrogen and oxygen atoms in total. The predicted molar refractivity (Wildman–Crippen MR) is 147 cm³/mol. The predicted octanol–water partition coefficient (Wildman–Crippen LogP) is 6.30. The number of aryl methyl sites for hydroxylation is 3. The SMILES string of the molecule is CC.CC(=O)NCC=O.CC(C)C.CNC(CC(=O)O)c1cc(-c2c(C)cc(F)cc2C)cc(C)c1F. The number of carboxylic acids is 1. The molecule has 8 heteroatoms. The molecule has 2 rings (SSSR count). The zero-order chi connectivity index (χ0) is 29.3. The van der Waals surface area contributed by atoms with Gasteiger partial charge in [-0.15, -0.1) is 0 Å². The van der Waals surface area contributed by atoms with Gasteiger partial charge in [-0.2, -0.15) is 0 Å². The van der Waals surface area contributed by atoms with E-state index >= 15 is 0 Å². The molecule has 1 atom stereocenters. The van der Waals surface area contributed by atoms with Gasteiger partial charge < -0.3 is 20.5 Å². The van der Waals surface area contributed by atoms with Crippen molar-refractivity contribution >= 4 is 18.2 Å². The molecule has 2 aromatic rings. The Morgan fingerprint density at radius 1 is 0.973 bits per heavy atom. The maximum absolute atomic E-state index is 14.6. The van der Waals surface area contributed by atoms with Gasteiger partial charge in [-0.3, -0.25) is 9.59 Å². The number of carbonyl (C=O) groups excluding carboxylic acids is 2. The number of aldehydes is 1. The first-order chi connectivity index (χ1) is 17.2. The molecule has 0 aromatic heterocycles. The highest BCUT2D eigenvalue weighted by Gasteiger charge is 2.21. The molecule has 0 saturated carbocycles. The summed E-state index contributed by atoms with van der Waals surface area (Å²) in [5.41, 5.74) is 3.83. The van der Waals surface area contributed by atoms with E-state index in [0.717, 1.165) is 28.2 Å². The quantitative estimate of drug-likeness (QED) is 0.371. The van der Waals surface area contributed by atoms with Crippen molar-refractivity contribution in [3.63, 3.8) is 0 Å². The van der Waals surface area contributed by atoms with Crippen molar-refractivity contribution in [2.75, 3.05) is 13.6 Å². The van der Waals surface area contributed by atoms with Gasteiger partial charge in [-0.1, -0.05) is 34.6 Å². The topological polar surface area (TPSA) is 95.5 Å². The highest BCUT2D eigenvalue weighted by Crippen LogP contribution is 2.33. The summed E-state index contributed by atoms with van der Waals surface area (Å²) in [6.45, 7) is 17.2. The number of halogens is 2. The number of benzene rings is 2. The summed E-state index contributed by atoms with van der Waals surface area (Å²) in [5.74, 6) is -1.08. The van der Waals surface area contributed by atoms with E-state index < -0.39 is 17.8 Å². The maximum atomic E-state index is 14.6. The Morgan fingerprint density at radius 2 is 1.46 bits per heavy atom. The molecule has 208 valence electrons. The molecule has 1 unspecified atom stereocenters. The molecule has 1 amide bonds. The van der Waals surface area contributed by atoms with Crippen LogP contribution in [0.2, 0.25) is 0 Å². The second kappa shape index (κ2) is 19.0. The normalized spacial score (nSPS) is 10.5. The van der Waals surface area contributed by atoms with E-state index in [0.29, 0.717) is 17.4 Å². The van der Waals surface area contributed by atoms with E-state index in [9.17, 15) is 23.2 Å². The number of carboxylic acid groups (broad SMARTS) is 1. The van der Waals surface area contributed by atoms with Crippen molar-refractivity contribution in [2.45, 2.75) is 74.8 Å². The monoisotopic (exact) mass is 522 g/mol. The van der Waals surface area contributed by atoms with E-state index in [1.165, 1.54) is 19.1 Å². The molecule has 0 radical (unpaired) electrons. The molecule has 0 aliphatic heterocycles. The first-order valence-electron chi connectivity index (χ1n) is 12.4. The lowest BCUT2D eigenvalue weighted by Gasteiger charge is -2.19. The van der Waals surface area contributed by atoms with Gasteiger partial charge in [0.05, 0.1) is 13.0 Å². The molecule has 0 heterocycles. The van der Waals surface area contributed by atoms with Crippen molar-refractivity contribution in [2.24, 2.45) is 5.92 Å². The summed E-state index contributed by atoms with van der Waals surface area (Å²) >= 11 is 0. The van der Waals surface area contributed by atoms with Crippen molar-refractivity contribution in [3.05, 3.63) is 58.2 Å². The van der Waals surface area contributed by atoms with Crippen molar-refractivity contribution in [1.29, 1.82) is 0 Å². The fourth-order valence-electron chi connectivity index (χ4n) is 3.29. The number of hydrogen-bond donors (Lipinski definition) is 3. The third kappa shape index (κ3) is 14.3. The molecule has 0 bridgehead atoms. The highest BCUT2D eigenvalue weighted by molar-refractivity contribution is 5.75. The molecule has 0 saturated heterocycles. The van der Waals surface area contributed by atoms with Gasteiger partial charge >= 0.3 is 5.97 Å². The minimum atomic E-state index is -1.01. The van der Waals surface area contributed by atoms with Crippen LogP contribution < -0.4 is 10.6 Å². The van der Waals surface area contributed by atoms with Crippen LogP contribution in [0.15, 0.2) is 24.3 Å². The summed E-state index contributed by atoms with van der Waals surface area (Å²) in [4.78, 5) is 30.5. The Bertz CT molecular complexity index is 982. The number of aliphatic carboxylic acids is 1. The lowest BCUT2D eigenvalue weighted by Crippen LogP contribution is -2.21. The fourth-order valence-corrected chi connectivity index (χ4v) is 3.29. The van der Waals surface area contributed by atoms with Gasteiger partial charge in [0, 0.05) is 18.5 Å². The Hall–Kier alpha value is -3.13. The molecular weight excluding hydrogens is 478 g/mol. The molecule has 37 heavy (non-hydrogen) atoms. The minimum absolute atomic E-state index is 0.120. The van der Waals surface area contributed by atoms with Crippen LogP contribution in [-0.4, -0.2) is 36.9 Å². The Balaban J connectivity index is 0. The van der Waals surface area contributed by atoms with Crippen LogP contribution in [-0.2, 0) is 14.4 Å².